The number of carbonyl (C=O) groups excluding carboxylic acids is 1. The molecule has 1 aliphatic heterocycles. The van der Waals surface area contributed by atoms with Crippen molar-refractivity contribution in [2.24, 2.45) is 11.8 Å². The van der Waals surface area contributed by atoms with Crippen molar-refractivity contribution in [3.63, 3.8) is 0 Å². The Hall–Kier alpha value is -0.980. The average Bonchev–Trinajstić information content (AvgIpc) is 3.18. The Bertz CT molecular complexity index is 469. The van der Waals surface area contributed by atoms with Crippen molar-refractivity contribution >= 4 is 17.2 Å². The molecule has 1 aromatic heterocycles. The predicted molar refractivity (Wildman–Crippen MR) is 79.2 cm³/mol. The van der Waals surface area contributed by atoms with Gasteiger partial charge in [-0.2, -0.15) is 0 Å². The van der Waals surface area contributed by atoms with Gasteiger partial charge in [-0.1, -0.05) is 12.8 Å². The largest absolute Gasteiger partial charge is 0.294 e. The van der Waals surface area contributed by atoms with E-state index in [0.717, 1.165) is 30.7 Å². The fourth-order valence-corrected chi connectivity index (χ4v) is 4.39. The molecular formula is C14H22N4OS. The van der Waals surface area contributed by atoms with E-state index >= 15 is 0 Å². The highest BCUT2D eigenvalue weighted by molar-refractivity contribution is 7.11. The molecule has 5 nitrogen and oxygen atoms in total. The molecule has 1 amide bonds. The number of aromatic nitrogens is 1. The maximum atomic E-state index is 11.4. The minimum Gasteiger partial charge on any atom is -0.294 e. The first kappa shape index (κ1) is 14.0. The van der Waals surface area contributed by atoms with Crippen molar-refractivity contribution in [1.29, 1.82) is 0 Å². The molecule has 3 N–H and O–H groups in total. The number of amides is 1. The molecule has 1 unspecified atom stereocenters. The Morgan fingerprint density at radius 2 is 2.20 bits per heavy atom. The SMILES string of the molecule is NNC(=O)c1nc(CN2CCCC2C2CCCC2)cs1. The van der Waals surface area contributed by atoms with Gasteiger partial charge < -0.3 is 0 Å². The van der Waals surface area contributed by atoms with Gasteiger partial charge in [0.2, 0.25) is 0 Å². The second kappa shape index (κ2) is 6.20. The molecule has 110 valence electrons. The maximum absolute atomic E-state index is 11.4. The molecule has 1 atom stereocenters. The van der Waals surface area contributed by atoms with E-state index in [1.54, 1.807) is 0 Å². The highest BCUT2D eigenvalue weighted by Crippen LogP contribution is 2.36. The van der Waals surface area contributed by atoms with Crippen LogP contribution in [0.3, 0.4) is 0 Å². The van der Waals surface area contributed by atoms with Crippen LogP contribution < -0.4 is 11.3 Å². The maximum Gasteiger partial charge on any atom is 0.294 e. The third-order valence-electron chi connectivity index (χ3n) is 4.60. The lowest BCUT2D eigenvalue weighted by Crippen LogP contribution is -2.34. The monoisotopic (exact) mass is 294 g/mol. The third-order valence-corrected chi connectivity index (χ3v) is 5.49. The van der Waals surface area contributed by atoms with Gasteiger partial charge in [-0.15, -0.1) is 11.3 Å². The van der Waals surface area contributed by atoms with Crippen LogP contribution in [0.5, 0.6) is 0 Å². The van der Waals surface area contributed by atoms with Crippen molar-refractivity contribution < 1.29 is 4.79 Å². The van der Waals surface area contributed by atoms with Gasteiger partial charge in [0.25, 0.3) is 5.91 Å². The summed E-state index contributed by atoms with van der Waals surface area (Å²) in [5.41, 5.74) is 3.14. The topological polar surface area (TPSA) is 71.2 Å². The summed E-state index contributed by atoms with van der Waals surface area (Å²) in [5, 5.41) is 2.44. The second-order valence-electron chi connectivity index (χ2n) is 5.84. The number of hydrazine groups is 1. The zero-order valence-electron chi connectivity index (χ0n) is 11.7. The molecule has 0 radical (unpaired) electrons. The van der Waals surface area contributed by atoms with E-state index in [0.29, 0.717) is 5.01 Å². The molecule has 1 aliphatic carbocycles. The number of nitrogens with one attached hydrogen (secondary N) is 1. The first-order valence-electron chi connectivity index (χ1n) is 7.47. The summed E-state index contributed by atoms with van der Waals surface area (Å²) in [4.78, 5) is 18.4. The second-order valence-corrected chi connectivity index (χ2v) is 6.70. The molecule has 0 aromatic carbocycles. The number of nitrogens with zero attached hydrogens (tertiary/aromatic N) is 2. The summed E-state index contributed by atoms with van der Waals surface area (Å²) in [6.45, 7) is 2.03. The minimum atomic E-state index is -0.296. The van der Waals surface area contributed by atoms with E-state index in [-0.39, 0.29) is 5.91 Å². The molecular weight excluding hydrogens is 272 g/mol. The molecule has 1 aromatic rings. The van der Waals surface area contributed by atoms with Gasteiger partial charge in [0.05, 0.1) is 5.69 Å². The zero-order chi connectivity index (χ0) is 13.9. The van der Waals surface area contributed by atoms with Gasteiger partial charge in [0, 0.05) is 18.0 Å². The average molecular weight is 294 g/mol. The standard InChI is InChI=1S/C14H22N4OS/c15-17-13(19)14-16-11(9-20-14)8-18-7-3-6-12(18)10-4-1-2-5-10/h9-10,12H,1-8,15H2,(H,17,19). The highest BCUT2D eigenvalue weighted by Gasteiger charge is 2.33. The van der Waals surface area contributed by atoms with Gasteiger partial charge in [0.15, 0.2) is 5.01 Å². The Labute approximate surface area is 123 Å². The highest BCUT2D eigenvalue weighted by atomic mass is 32.1. The summed E-state index contributed by atoms with van der Waals surface area (Å²) < 4.78 is 0. The fraction of sp³-hybridized carbons (Fsp3) is 0.714. The molecule has 0 spiro atoms. The van der Waals surface area contributed by atoms with E-state index in [1.807, 2.05) is 5.38 Å². The van der Waals surface area contributed by atoms with E-state index < -0.39 is 0 Å². The first-order valence-corrected chi connectivity index (χ1v) is 8.35. The van der Waals surface area contributed by atoms with Gasteiger partial charge in [-0.05, 0) is 38.1 Å². The van der Waals surface area contributed by atoms with Crippen LogP contribution in [0.15, 0.2) is 5.38 Å². The molecule has 1 saturated carbocycles. The van der Waals surface area contributed by atoms with E-state index in [2.05, 4.69) is 15.3 Å². The van der Waals surface area contributed by atoms with Crippen LogP contribution in [0.1, 0.15) is 54.0 Å². The Morgan fingerprint density at radius 3 is 2.95 bits per heavy atom. The lowest BCUT2D eigenvalue weighted by molar-refractivity contribution is 0.0952. The Morgan fingerprint density at radius 1 is 1.40 bits per heavy atom. The molecule has 1 saturated heterocycles. The van der Waals surface area contributed by atoms with Crippen LogP contribution in [-0.2, 0) is 6.54 Å². The van der Waals surface area contributed by atoms with Crippen LogP contribution >= 0.6 is 11.3 Å². The molecule has 2 heterocycles. The fourth-order valence-electron chi connectivity index (χ4n) is 3.68. The third kappa shape index (κ3) is 2.87. The van der Waals surface area contributed by atoms with Gasteiger partial charge in [0.1, 0.15) is 0 Å². The summed E-state index contributed by atoms with van der Waals surface area (Å²) in [6, 6.07) is 0.728. The van der Waals surface area contributed by atoms with Crippen molar-refractivity contribution in [3.8, 4) is 0 Å². The summed E-state index contributed by atoms with van der Waals surface area (Å²) >= 11 is 1.37. The summed E-state index contributed by atoms with van der Waals surface area (Å²) in [6.07, 6.45) is 8.18. The number of hydrogen-bond acceptors (Lipinski definition) is 5. The van der Waals surface area contributed by atoms with Crippen LogP contribution in [-0.4, -0.2) is 28.4 Å². The molecule has 6 heteroatoms. The molecule has 20 heavy (non-hydrogen) atoms. The van der Waals surface area contributed by atoms with E-state index in [9.17, 15) is 4.79 Å². The lowest BCUT2D eigenvalue weighted by Gasteiger charge is -2.28. The zero-order valence-corrected chi connectivity index (χ0v) is 12.5. The minimum absolute atomic E-state index is 0.296. The number of rotatable bonds is 4. The van der Waals surface area contributed by atoms with Gasteiger partial charge >= 0.3 is 0 Å². The van der Waals surface area contributed by atoms with Gasteiger partial charge in [-0.3, -0.25) is 15.1 Å². The van der Waals surface area contributed by atoms with E-state index in [1.165, 1.54) is 49.9 Å². The van der Waals surface area contributed by atoms with Crippen LogP contribution in [0.2, 0.25) is 0 Å². The normalized spacial score (nSPS) is 24.4. The Balaban J connectivity index is 1.64. The van der Waals surface area contributed by atoms with Crippen molar-refractivity contribution in [1.82, 2.24) is 15.3 Å². The van der Waals surface area contributed by atoms with E-state index in [4.69, 9.17) is 5.84 Å². The number of carbonyl (C=O) groups is 1. The summed E-state index contributed by atoms with van der Waals surface area (Å²) in [5.74, 6) is 5.72. The van der Waals surface area contributed by atoms with Crippen LogP contribution in [0.4, 0.5) is 0 Å². The predicted octanol–water partition coefficient (Wildman–Crippen LogP) is 1.90. The number of nitrogens with two attached hydrogens (primary N) is 1. The molecule has 2 aliphatic rings. The number of thiazole rings is 1. The number of hydrogen-bond donors (Lipinski definition) is 2. The first-order chi connectivity index (χ1) is 9.78. The summed E-state index contributed by atoms with van der Waals surface area (Å²) in [7, 11) is 0. The smallest absolute Gasteiger partial charge is 0.294 e. The van der Waals surface area contributed by atoms with Crippen molar-refractivity contribution in [2.45, 2.75) is 51.1 Å². The quantitative estimate of drug-likeness (QED) is 0.505. The molecule has 3 rings (SSSR count). The van der Waals surface area contributed by atoms with Gasteiger partial charge in [-0.25, -0.2) is 10.8 Å². The van der Waals surface area contributed by atoms with Crippen molar-refractivity contribution in [2.75, 3.05) is 6.54 Å². The number of nitrogen functional groups attached to an aromatic ring is 1. The van der Waals surface area contributed by atoms with Crippen molar-refractivity contribution in [3.05, 3.63) is 16.1 Å². The van der Waals surface area contributed by atoms with Crippen LogP contribution in [0.25, 0.3) is 0 Å². The lowest BCUT2D eigenvalue weighted by atomic mass is 9.96. The number of likely N-dealkylation sites (tertiary alicyclic amines) is 1. The molecule has 0 bridgehead atoms. The molecule has 2 fully saturated rings. The Kier molecular flexibility index (Phi) is 4.33. The van der Waals surface area contributed by atoms with Crippen LogP contribution in [0, 0.1) is 5.92 Å².